The number of anilines is 1. The van der Waals surface area contributed by atoms with Gasteiger partial charge in [-0.25, -0.2) is 0 Å². The van der Waals surface area contributed by atoms with Gasteiger partial charge in [-0.15, -0.1) is 0 Å². The summed E-state index contributed by atoms with van der Waals surface area (Å²) in [5, 5.41) is 12.5. The predicted octanol–water partition coefficient (Wildman–Crippen LogP) is 4.02. The number of para-hydroxylation sites is 1. The first-order valence-electron chi connectivity index (χ1n) is 6.54. The molecular weight excluding hydrogens is 335 g/mol. The number of hydrogen-bond donors (Lipinski definition) is 2. The zero-order chi connectivity index (χ0) is 17.3. The minimum Gasteiger partial charge on any atom is -0.463 e. The summed E-state index contributed by atoms with van der Waals surface area (Å²) in [6, 6.07) is 8.35. The SMILES string of the molecule is Cc1ccc(C(O)(CC(=O)Nc2ccccc2Cl)C(F)(F)F)o1. The number of furan rings is 1. The molecule has 2 aromatic rings. The molecular formula is C15H13ClF3NO3. The van der Waals surface area contributed by atoms with Crippen molar-refractivity contribution in [3.05, 3.63) is 52.9 Å². The summed E-state index contributed by atoms with van der Waals surface area (Å²) in [5.41, 5.74) is -3.27. The van der Waals surface area contributed by atoms with Crippen LogP contribution in [-0.2, 0) is 10.4 Å². The lowest BCUT2D eigenvalue weighted by molar-refractivity contribution is -0.272. The Hall–Kier alpha value is -1.99. The molecule has 1 aromatic carbocycles. The standard InChI is InChI=1S/C15H13ClF3NO3/c1-9-6-7-12(23-9)14(22,15(17,18)19)8-13(21)20-11-5-3-2-4-10(11)16/h2-7,22H,8H2,1H3,(H,20,21). The summed E-state index contributed by atoms with van der Waals surface area (Å²) in [7, 11) is 0. The maximum atomic E-state index is 13.3. The molecule has 0 fully saturated rings. The smallest absolute Gasteiger partial charge is 0.425 e. The summed E-state index contributed by atoms with van der Waals surface area (Å²) in [4.78, 5) is 11.9. The van der Waals surface area contributed by atoms with Gasteiger partial charge < -0.3 is 14.8 Å². The summed E-state index contributed by atoms with van der Waals surface area (Å²) < 4.78 is 44.7. The minimum absolute atomic E-state index is 0.152. The third-order valence-electron chi connectivity index (χ3n) is 3.18. The number of rotatable bonds is 4. The Morgan fingerprint density at radius 3 is 2.43 bits per heavy atom. The Morgan fingerprint density at radius 1 is 1.26 bits per heavy atom. The maximum Gasteiger partial charge on any atom is 0.425 e. The van der Waals surface area contributed by atoms with Gasteiger partial charge in [0.05, 0.1) is 17.1 Å². The first-order valence-corrected chi connectivity index (χ1v) is 6.92. The fourth-order valence-electron chi connectivity index (χ4n) is 1.97. The van der Waals surface area contributed by atoms with E-state index in [4.69, 9.17) is 16.0 Å². The van der Waals surface area contributed by atoms with E-state index in [1.165, 1.54) is 25.1 Å². The number of hydrogen-bond acceptors (Lipinski definition) is 3. The zero-order valence-electron chi connectivity index (χ0n) is 11.9. The highest BCUT2D eigenvalue weighted by molar-refractivity contribution is 6.33. The molecule has 23 heavy (non-hydrogen) atoms. The second-order valence-corrected chi connectivity index (χ2v) is 5.38. The largest absolute Gasteiger partial charge is 0.463 e. The van der Waals surface area contributed by atoms with Gasteiger partial charge in [0.25, 0.3) is 0 Å². The van der Waals surface area contributed by atoms with Crippen molar-refractivity contribution in [2.45, 2.75) is 25.1 Å². The predicted molar refractivity (Wildman–Crippen MR) is 78.1 cm³/mol. The van der Waals surface area contributed by atoms with Crippen molar-refractivity contribution in [1.29, 1.82) is 0 Å². The topological polar surface area (TPSA) is 62.5 Å². The Bertz CT molecular complexity index is 714. The maximum absolute atomic E-state index is 13.3. The average Bonchev–Trinajstić information content (AvgIpc) is 2.87. The lowest BCUT2D eigenvalue weighted by Gasteiger charge is -2.28. The first-order chi connectivity index (χ1) is 10.6. The molecule has 2 rings (SSSR count). The van der Waals surface area contributed by atoms with Gasteiger partial charge in [-0.05, 0) is 31.2 Å². The van der Waals surface area contributed by atoms with E-state index in [2.05, 4.69) is 5.32 Å². The fraction of sp³-hybridized carbons (Fsp3) is 0.267. The fourth-order valence-corrected chi connectivity index (χ4v) is 2.16. The molecule has 1 aromatic heterocycles. The van der Waals surface area contributed by atoms with E-state index in [1.54, 1.807) is 12.1 Å². The van der Waals surface area contributed by atoms with Gasteiger partial charge in [0.1, 0.15) is 11.5 Å². The molecule has 0 bridgehead atoms. The van der Waals surface area contributed by atoms with Crippen molar-refractivity contribution in [3.8, 4) is 0 Å². The normalized spacial score (nSPS) is 14.3. The monoisotopic (exact) mass is 347 g/mol. The molecule has 0 aliphatic rings. The molecule has 0 spiro atoms. The molecule has 4 nitrogen and oxygen atoms in total. The van der Waals surface area contributed by atoms with Gasteiger partial charge in [-0.2, -0.15) is 13.2 Å². The van der Waals surface area contributed by atoms with E-state index < -0.39 is 29.9 Å². The number of alkyl halides is 3. The quantitative estimate of drug-likeness (QED) is 0.878. The number of amides is 1. The van der Waals surface area contributed by atoms with Gasteiger partial charge in [0.15, 0.2) is 0 Å². The van der Waals surface area contributed by atoms with Crippen LogP contribution in [-0.4, -0.2) is 17.2 Å². The second-order valence-electron chi connectivity index (χ2n) is 4.97. The second kappa shape index (κ2) is 6.25. The molecule has 0 saturated carbocycles. The van der Waals surface area contributed by atoms with Crippen molar-refractivity contribution in [2.24, 2.45) is 0 Å². The number of carbonyl (C=O) groups excluding carboxylic acids is 1. The minimum atomic E-state index is -5.09. The molecule has 0 aliphatic heterocycles. The first kappa shape index (κ1) is 17.4. The van der Waals surface area contributed by atoms with Crippen molar-refractivity contribution in [1.82, 2.24) is 0 Å². The summed E-state index contributed by atoms with van der Waals surface area (Å²) in [6.45, 7) is 1.43. The summed E-state index contributed by atoms with van der Waals surface area (Å²) >= 11 is 5.83. The molecule has 0 radical (unpaired) electrons. The van der Waals surface area contributed by atoms with E-state index >= 15 is 0 Å². The molecule has 1 amide bonds. The molecule has 0 aliphatic carbocycles. The van der Waals surface area contributed by atoms with E-state index in [-0.39, 0.29) is 16.5 Å². The highest BCUT2D eigenvalue weighted by atomic mass is 35.5. The third-order valence-corrected chi connectivity index (χ3v) is 3.51. The highest BCUT2D eigenvalue weighted by Crippen LogP contribution is 2.42. The van der Waals surface area contributed by atoms with Crippen molar-refractivity contribution in [2.75, 3.05) is 5.32 Å². The van der Waals surface area contributed by atoms with Crippen molar-refractivity contribution in [3.63, 3.8) is 0 Å². The van der Waals surface area contributed by atoms with E-state index in [9.17, 15) is 23.1 Å². The van der Waals surface area contributed by atoms with Crippen LogP contribution in [0, 0.1) is 6.92 Å². The van der Waals surface area contributed by atoms with Gasteiger partial charge in [0, 0.05) is 0 Å². The van der Waals surface area contributed by atoms with E-state index in [0.29, 0.717) is 0 Å². The molecule has 8 heteroatoms. The molecule has 2 N–H and O–H groups in total. The van der Waals surface area contributed by atoms with Crippen LogP contribution in [0.25, 0.3) is 0 Å². The summed E-state index contributed by atoms with van der Waals surface area (Å²) in [5.74, 6) is -1.60. The van der Waals surface area contributed by atoms with Gasteiger partial charge >= 0.3 is 6.18 Å². The van der Waals surface area contributed by atoms with E-state index in [0.717, 1.165) is 6.07 Å². The van der Waals surface area contributed by atoms with Gasteiger partial charge in [-0.1, -0.05) is 23.7 Å². The van der Waals surface area contributed by atoms with Crippen LogP contribution >= 0.6 is 11.6 Å². The number of benzene rings is 1. The zero-order valence-corrected chi connectivity index (χ0v) is 12.7. The molecule has 1 unspecified atom stereocenters. The van der Waals surface area contributed by atoms with Gasteiger partial charge in [-0.3, -0.25) is 4.79 Å². The number of nitrogens with one attached hydrogen (secondary N) is 1. The van der Waals surface area contributed by atoms with Crippen LogP contribution in [0.3, 0.4) is 0 Å². The molecule has 124 valence electrons. The van der Waals surface area contributed by atoms with Crippen LogP contribution in [0.15, 0.2) is 40.8 Å². The molecule has 1 atom stereocenters. The number of halogens is 4. The number of aryl methyl sites for hydroxylation is 1. The Balaban J connectivity index is 2.25. The third kappa shape index (κ3) is 3.68. The Kier molecular flexibility index (Phi) is 4.72. The highest BCUT2D eigenvalue weighted by Gasteiger charge is 2.58. The number of aliphatic hydroxyl groups is 1. The van der Waals surface area contributed by atoms with Crippen LogP contribution in [0.2, 0.25) is 5.02 Å². The Labute approximate surface area is 134 Å². The van der Waals surface area contributed by atoms with Crippen LogP contribution in [0.1, 0.15) is 17.9 Å². The van der Waals surface area contributed by atoms with Crippen LogP contribution < -0.4 is 5.32 Å². The van der Waals surface area contributed by atoms with Crippen molar-refractivity contribution < 1.29 is 27.5 Å². The average molecular weight is 348 g/mol. The molecule has 1 heterocycles. The summed E-state index contributed by atoms with van der Waals surface area (Å²) in [6.07, 6.45) is -6.34. The molecule has 0 saturated heterocycles. The van der Waals surface area contributed by atoms with Crippen LogP contribution in [0.5, 0.6) is 0 Å². The van der Waals surface area contributed by atoms with Crippen LogP contribution in [0.4, 0.5) is 18.9 Å². The number of carbonyl (C=O) groups is 1. The lowest BCUT2D eigenvalue weighted by Crippen LogP contribution is -2.44. The lowest BCUT2D eigenvalue weighted by atomic mass is 9.95. The van der Waals surface area contributed by atoms with E-state index in [1.807, 2.05) is 0 Å². The Morgan fingerprint density at radius 2 is 1.91 bits per heavy atom. The van der Waals surface area contributed by atoms with Crippen molar-refractivity contribution >= 4 is 23.2 Å². The van der Waals surface area contributed by atoms with Gasteiger partial charge in [0.2, 0.25) is 11.5 Å².